The molecular formula is C16H20FN3O. The van der Waals surface area contributed by atoms with Crippen LogP contribution in [0.25, 0.3) is 0 Å². The van der Waals surface area contributed by atoms with Crippen molar-refractivity contribution in [3.05, 3.63) is 53.5 Å². The average Bonchev–Trinajstić information content (AvgIpc) is 2.49. The van der Waals surface area contributed by atoms with Crippen molar-refractivity contribution in [2.45, 2.75) is 13.5 Å². The molecule has 0 amide bonds. The molecule has 5 heteroatoms. The first-order chi connectivity index (χ1) is 10.1. The highest BCUT2D eigenvalue weighted by molar-refractivity contribution is 5.49. The van der Waals surface area contributed by atoms with Gasteiger partial charge in [0.25, 0.3) is 0 Å². The van der Waals surface area contributed by atoms with E-state index < -0.39 is 0 Å². The number of hydrogen-bond acceptors (Lipinski definition) is 4. The predicted octanol–water partition coefficient (Wildman–Crippen LogP) is 2.57. The number of nitrogens with zero attached hydrogens (tertiary/aromatic N) is 2. The van der Waals surface area contributed by atoms with Gasteiger partial charge < -0.3 is 15.3 Å². The Hall–Kier alpha value is -2.14. The third-order valence-electron chi connectivity index (χ3n) is 3.29. The smallest absolute Gasteiger partial charge is 0.128 e. The SMILES string of the molecule is Cc1ccc(F)c(CNc2ccc(N(C)CCO)cn2)c1. The zero-order valence-electron chi connectivity index (χ0n) is 12.3. The monoisotopic (exact) mass is 289 g/mol. The van der Waals surface area contributed by atoms with E-state index in [1.165, 1.54) is 6.07 Å². The number of aliphatic hydroxyl groups excluding tert-OH is 1. The normalized spacial score (nSPS) is 10.5. The Balaban J connectivity index is 1.99. The summed E-state index contributed by atoms with van der Waals surface area (Å²) in [6.45, 7) is 2.99. The minimum absolute atomic E-state index is 0.100. The summed E-state index contributed by atoms with van der Waals surface area (Å²) in [5, 5.41) is 12.0. The molecule has 2 aromatic rings. The number of aliphatic hydroxyl groups is 1. The maximum atomic E-state index is 13.6. The van der Waals surface area contributed by atoms with Crippen LogP contribution < -0.4 is 10.2 Å². The summed E-state index contributed by atoms with van der Waals surface area (Å²) in [4.78, 5) is 6.21. The van der Waals surface area contributed by atoms with Gasteiger partial charge in [0.1, 0.15) is 11.6 Å². The van der Waals surface area contributed by atoms with Gasteiger partial charge in [-0.1, -0.05) is 17.7 Å². The highest BCUT2D eigenvalue weighted by Gasteiger charge is 2.04. The molecule has 0 aliphatic rings. The van der Waals surface area contributed by atoms with E-state index >= 15 is 0 Å². The van der Waals surface area contributed by atoms with Crippen LogP contribution in [0, 0.1) is 12.7 Å². The lowest BCUT2D eigenvalue weighted by Gasteiger charge is -2.17. The van der Waals surface area contributed by atoms with E-state index in [2.05, 4.69) is 10.3 Å². The van der Waals surface area contributed by atoms with Gasteiger partial charge in [-0.25, -0.2) is 9.37 Å². The van der Waals surface area contributed by atoms with Gasteiger partial charge in [0, 0.05) is 25.7 Å². The summed E-state index contributed by atoms with van der Waals surface area (Å²) in [5.74, 6) is 0.476. The second-order valence-electron chi connectivity index (χ2n) is 5.00. The topological polar surface area (TPSA) is 48.4 Å². The predicted molar refractivity (Wildman–Crippen MR) is 83.1 cm³/mol. The molecule has 0 atom stereocenters. The third kappa shape index (κ3) is 4.16. The summed E-state index contributed by atoms with van der Waals surface area (Å²) < 4.78 is 13.6. The molecule has 21 heavy (non-hydrogen) atoms. The minimum Gasteiger partial charge on any atom is -0.395 e. The largest absolute Gasteiger partial charge is 0.395 e. The maximum Gasteiger partial charge on any atom is 0.128 e. The number of halogens is 1. The highest BCUT2D eigenvalue weighted by atomic mass is 19.1. The van der Waals surface area contributed by atoms with Gasteiger partial charge in [0.15, 0.2) is 0 Å². The number of anilines is 2. The molecule has 2 N–H and O–H groups in total. The minimum atomic E-state index is -0.215. The summed E-state index contributed by atoms with van der Waals surface area (Å²) >= 11 is 0. The van der Waals surface area contributed by atoms with Crippen molar-refractivity contribution < 1.29 is 9.50 Å². The van der Waals surface area contributed by atoms with Crippen molar-refractivity contribution in [2.75, 3.05) is 30.4 Å². The fourth-order valence-corrected chi connectivity index (χ4v) is 2.02. The highest BCUT2D eigenvalue weighted by Crippen LogP contribution is 2.15. The summed E-state index contributed by atoms with van der Waals surface area (Å²) in [6.07, 6.45) is 1.73. The maximum absolute atomic E-state index is 13.6. The third-order valence-corrected chi connectivity index (χ3v) is 3.29. The number of nitrogens with one attached hydrogen (secondary N) is 1. The summed E-state index contributed by atoms with van der Waals surface area (Å²) in [7, 11) is 1.89. The number of aromatic nitrogens is 1. The lowest BCUT2D eigenvalue weighted by Crippen LogP contribution is -2.21. The van der Waals surface area contributed by atoms with E-state index in [1.807, 2.05) is 37.1 Å². The molecule has 1 aromatic carbocycles. The molecule has 1 heterocycles. The molecule has 112 valence electrons. The molecule has 4 nitrogen and oxygen atoms in total. The first kappa shape index (κ1) is 15.3. The van der Waals surface area contributed by atoms with E-state index in [1.54, 1.807) is 12.3 Å². The number of rotatable bonds is 6. The Kier molecular flexibility index (Phi) is 5.11. The van der Waals surface area contributed by atoms with Gasteiger partial charge in [-0.15, -0.1) is 0 Å². The quantitative estimate of drug-likeness (QED) is 0.858. The van der Waals surface area contributed by atoms with Crippen LogP contribution in [0.1, 0.15) is 11.1 Å². The van der Waals surface area contributed by atoms with Crippen molar-refractivity contribution >= 4 is 11.5 Å². The van der Waals surface area contributed by atoms with Crippen molar-refractivity contribution in [1.29, 1.82) is 0 Å². The first-order valence-electron chi connectivity index (χ1n) is 6.87. The van der Waals surface area contributed by atoms with Crippen LogP contribution in [0.5, 0.6) is 0 Å². The molecule has 0 aliphatic carbocycles. The number of benzene rings is 1. The van der Waals surface area contributed by atoms with Gasteiger partial charge in [0.05, 0.1) is 18.5 Å². The zero-order valence-corrected chi connectivity index (χ0v) is 12.3. The van der Waals surface area contributed by atoms with E-state index in [9.17, 15) is 4.39 Å². The van der Waals surface area contributed by atoms with Crippen LogP contribution in [-0.4, -0.2) is 30.3 Å². The fourth-order valence-electron chi connectivity index (χ4n) is 2.02. The lowest BCUT2D eigenvalue weighted by atomic mass is 10.1. The molecule has 1 aromatic heterocycles. The van der Waals surface area contributed by atoms with Gasteiger partial charge >= 0.3 is 0 Å². The van der Waals surface area contributed by atoms with E-state index in [0.717, 1.165) is 11.3 Å². The van der Waals surface area contributed by atoms with Crippen LogP contribution in [0.3, 0.4) is 0 Å². The number of aryl methyl sites for hydroxylation is 1. The Morgan fingerprint density at radius 2 is 2.10 bits per heavy atom. The van der Waals surface area contributed by atoms with Gasteiger partial charge in [-0.3, -0.25) is 0 Å². The standard InChI is InChI=1S/C16H20FN3O/c1-12-3-5-15(17)13(9-12)10-18-16-6-4-14(11-19-16)20(2)7-8-21/h3-6,9,11,21H,7-8,10H2,1-2H3,(H,18,19). The molecule has 0 bridgehead atoms. The Morgan fingerprint density at radius 1 is 1.29 bits per heavy atom. The molecule has 0 spiro atoms. The zero-order chi connectivity index (χ0) is 15.2. The van der Waals surface area contributed by atoms with Gasteiger partial charge in [-0.05, 0) is 25.1 Å². The molecule has 2 rings (SSSR count). The van der Waals surface area contributed by atoms with Gasteiger partial charge in [-0.2, -0.15) is 0 Å². The van der Waals surface area contributed by atoms with Crippen LogP contribution in [0.15, 0.2) is 36.5 Å². The van der Waals surface area contributed by atoms with Crippen molar-refractivity contribution in [2.24, 2.45) is 0 Å². The van der Waals surface area contributed by atoms with Crippen molar-refractivity contribution in [3.8, 4) is 0 Å². The van der Waals surface area contributed by atoms with Crippen LogP contribution in [0.2, 0.25) is 0 Å². The number of hydrogen-bond donors (Lipinski definition) is 2. The van der Waals surface area contributed by atoms with Crippen LogP contribution in [-0.2, 0) is 6.54 Å². The second-order valence-corrected chi connectivity index (χ2v) is 5.00. The Labute approximate surface area is 124 Å². The van der Waals surface area contributed by atoms with Crippen molar-refractivity contribution in [3.63, 3.8) is 0 Å². The molecule has 0 aliphatic heterocycles. The van der Waals surface area contributed by atoms with E-state index in [4.69, 9.17) is 5.11 Å². The molecule has 0 fully saturated rings. The Morgan fingerprint density at radius 3 is 2.76 bits per heavy atom. The van der Waals surface area contributed by atoms with Crippen LogP contribution >= 0.6 is 0 Å². The fraction of sp³-hybridized carbons (Fsp3) is 0.312. The molecule has 0 saturated carbocycles. The molecular weight excluding hydrogens is 269 g/mol. The van der Waals surface area contributed by atoms with Crippen molar-refractivity contribution in [1.82, 2.24) is 4.98 Å². The molecule has 0 unspecified atom stereocenters. The average molecular weight is 289 g/mol. The van der Waals surface area contributed by atoms with Gasteiger partial charge in [0.2, 0.25) is 0 Å². The second kappa shape index (κ2) is 7.04. The first-order valence-corrected chi connectivity index (χ1v) is 6.87. The summed E-state index contributed by atoms with van der Waals surface area (Å²) in [5.41, 5.74) is 2.58. The number of pyridine rings is 1. The van der Waals surface area contributed by atoms with Crippen LogP contribution in [0.4, 0.5) is 15.9 Å². The lowest BCUT2D eigenvalue weighted by molar-refractivity contribution is 0.304. The Bertz CT molecular complexity index is 587. The molecule has 0 radical (unpaired) electrons. The van der Waals surface area contributed by atoms with E-state index in [-0.39, 0.29) is 12.4 Å². The van der Waals surface area contributed by atoms with E-state index in [0.29, 0.717) is 24.5 Å². The summed E-state index contributed by atoms with van der Waals surface area (Å²) in [6, 6.07) is 8.82. The molecule has 0 saturated heterocycles. The number of likely N-dealkylation sites (N-methyl/N-ethyl adjacent to an activating group) is 1.